The van der Waals surface area contributed by atoms with E-state index in [-0.39, 0.29) is 19.4 Å². The molecule has 0 aromatic heterocycles. The van der Waals surface area contributed by atoms with E-state index in [1.54, 1.807) is 0 Å². The quantitative estimate of drug-likeness (QED) is 0.0284. The van der Waals surface area contributed by atoms with Crippen LogP contribution in [0.15, 0.2) is 48.6 Å². The average molecular weight is 725 g/mol. The Bertz CT molecular complexity index is 952. The first-order valence-electron chi connectivity index (χ1n) is 19.9. The number of hydrogen-bond acceptors (Lipinski definition) is 6. The van der Waals surface area contributed by atoms with Crippen LogP contribution in [0.3, 0.4) is 0 Å². The van der Waals surface area contributed by atoms with E-state index in [0.717, 1.165) is 70.6 Å². The van der Waals surface area contributed by atoms with E-state index in [2.05, 4.69) is 67.0 Å². The number of esters is 2. The molecular formula is C41H73O8P. The summed E-state index contributed by atoms with van der Waals surface area (Å²) in [5.74, 6) is -0.911. The first-order chi connectivity index (χ1) is 24.3. The van der Waals surface area contributed by atoms with E-state index in [9.17, 15) is 14.2 Å². The fourth-order valence-electron chi connectivity index (χ4n) is 5.31. The van der Waals surface area contributed by atoms with Gasteiger partial charge in [0.25, 0.3) is 0 Å². The van der Waals surface area contributed by atoms with Gasteiger partial charge in [-0.25, -0.2) is 4.57 Å². The van der Waals surface area contributed by atoms with E-state index >= 15 is 0 Å². The van der Waals surface area contributed by atoms with Gasteiger partial charge in [0.05, 0.1) is 6.61 Å². The summed E-state index contributed by atoms with van der Waals surface area (Å²) in [6, 6.07) is 0. The minimum atomic E-state index is -4.76. The standard InChI is InChI=1S/C41H73O8P/c1-3-5-7-9-11-13-15-17-19-20-22-24-26-28-30-32-34-36-41(43)49-39(38-48-50(44,45)46)37-47-40(42)35-33-31-29-27-25-23-21-18-16-14-12-10-8-6-4-2/h11-14,17-19,21,39H,3-10,15-16,20,22-38H2,1-2H3,(H2,44,45,46)/b13-11+,14-12+,19-17+,21-18+/t39-/m1/s1. The molecule has 1 atom stereocenters. The van der Waals surface area contributed by atoms with Gasteiger partial charge in [-0.15, -0.1) is 0 Å². The van der Waals surface area contributed by atoms with Gasteiger partial charge in [0, 0.05) is 12.8 Å². The van der Waals surface area contributed by atoms with Crippen LogP contribution in [0.25, 0.3) is 0 Å². The Balaban J connectivity index is 3.99. The van der Waals surface area contributed by atoms with Gasteiger partial charge < -0.3 is 19.3 Å². The summed E-state index contributed by atoms with van der Waals surface area (Å²) >= 11 is 0. The van der Waals surface area contributed by atoms with E-state index in [1.165, 1.54) is 70.6 Å². The van der Waals surface area contributed by atoms with Crippen molar-refractivity contribution < 1.29 is 37.9 Å². The Kier molecular flexibility index (Phi) is 35.3. The Morgan fingerprint density at radius 3 is 1.32 bits per heavy atom. The number of allylic oxidation sites excluding steroid dienone is 8. The van der Waals surface area contributed by atoms with Crippen LogP contribution in [0.2, 0.25) is 0 Å². The number of ether oxygens (including phenoxy) is 2. The first-order valence-corrected chi connectivity index (χ1v) is 21.5. The SMILES string of the molecule is CCCCC/C=C/C/C=C/CCCCCCCCCC(=O)O[C@H](COC(=O)CCCCCCC/C=C/C/C=C/CCCCC)COP(=O)(O)O. The van der Waals surface area contributed by atoms with E-state index < -0.39 is 32.5 Å². The zero-order valence-electron chi connectivity index (χ0n) is 31.8. The minimum Gasteiger partial charge on any atom is -0.462 e. The van der Waals surface area contributed by atoms with Crippen molar-refractivity contribution >= 4 is 19.8 Å². The van der Waals surface area contributed by atoms with Crippen molar-refractivity contribution in [1.29, 1.82) is 0 Å². The molecule has 2 N–H and O–H groups in total. The molecule has 0 aliphatic heterocycles. The molecule has 0 heterocycles. The highest BCUT2D eigenvalue weighted by Crippen LogP contribution is 2.36. The van der Waals surface area contributed by atoms with Crippen LogP contribution in [-0.2, 0) is 28.2 Å². The fraction of sp³-hybridized carbons (Fsp3) is 0.756. The molecule has 0 bridgehead atoms. The summed E-state index contributed by atoms with van der Waals surface area (Å²) in [6.07, 6.45) is 43.9. The number of carbonyl (C=O) groups is 2. The zero-order valence-corrected chi connectivity index (χ0v) is 32.7. The lowest BCUT2D eigenvalue weighted by Gasteiger charge is -2.18. The molecule has 0 saturated heterocycles. The molecule has 0 amide bonds. The number of unbranched alkanes of at least 4 members (excludes halogenated alkanes) is 18. The van der Waals surface area contributed by atoms with Crippen LogP contribution in [-0.4, -0.2) is 41.0 Å². The molecule has 0 spiro atoms. The predicted molar refractivity (Wildman–Crippen MR) is 207 cm³/mol. The van der Waals surface area contributed by atoms with Gasteiger partial charge >= 0.3 is 19.8 Å². The van der Waals surface area contributed by atoms with Crippen LogP contribution in [0.4, 0.5) is 0 Å². The van der Waals surface area contributed by atoms with Crippen molar-refractivity contribution in [2.24, 2.45) is 0 Å². The molecule has 8 nitrogen and oxygen atoms in total. The Labute approximate surface area is 305 Å². The van der Waals surface area contributed by atoms with E-state index in [0.29, 0.717) is 12.8 Å². The molecular weight excluding hydrogens is 651 g/mol. The number of rotatable bonds is 36. The molecule has 0 fully saturated rings. The summed E-state index contributed by atoms with van der Waals surface area (Å²) in [5.41, 5.74) is 0. The lowest BCUT2D eigenvalue weighted by Crippen LogP contribution is -2.29. The number of hydrogen-bond donors (Lipinski definition) is 2. The highest BCUT2D eigenvalue weighted by atomic mass is 31.2. The third-order valence-electron chi connectivity index (χ3n) is 8.32. The molecule has 0 aromatic rings. The lowest BCUT2D eigenvalue weighted by molar-refractivity contribution is -0.161. The summed E-state index contributed by atoms with van der Waals surface area (Å²) < 4.78 is 26.3. The zero-order chi connectivity index (χ0) is 36.8. The average Bonchev–Trinajstić information content (AvgIpc) is 3.08. The van der Waals surface area contributed by atoms with Gasteiger partial charge in [0.1, 0.15) is 6.61 Å². The van der Waals surface area contributed by atoms with Gasteiger partial charge in [0.15, 0.2) is 6.10 Å². The highest BCUT2D eigenvalue weighted by Gasteiger charge is 2.22. The molecule has 0 saturated carbocycles. The molecule has 0 aliphatic carbocycles. The van der Waals surface area contributed by atoms with Crippen LogP contribution < -0.4 is 0 Å². The highest BCUT2D eigenvalue weighted by molar-refractivity contribution is 7.46. The van der Waals surface area contributed by atoms with Crippen molar-refractivity contribution in [1.82, 2.24) is 0 Å². The van der Waals surface area contributed by atoms with Crippen molar-refractivity contribution in [3.8, 4) is 0 Å². The maximum Gasteiger partial charge on any atom is 0.469 e. The molecule has 0 rings (SSSR count). The second-order valence-electron chi connectivity index (χ2n) is 13.2. The molecule has 0 aromatic carbocycles. The van der Waals surface area contributed by atoms with Crippen molar-refractivity contribution in [2.75, 3.05) is 13.2 Å². The topological polar surface area (TPSA) is 119 Å². The predicted octanol–water partition coefficient (Wildman–Crippen LogP) is 12.0. The Morgan fingerprint density at radius 2 is 0.900 bits per heavy atom. The summed E-state index contributed by atoms with van der Waals surface area (Å²) in [7, 11) is -4.76. The molecule has 0 radical (unpaired) electrons. The smallest absolute Gasteiger partial charge is 0.462 e. The molecule has 9 heteroatoms. The second kappa shape index (κ2) is 36.8. The van der Waals surface area contributed by atoms with E-state index in [4.69, 9.17) is 19.3 Å². The van der Waals surface area contributed by atoms with Crippen LogP contribution in [0, 0.1) is 0 Å². The van der Waals surface area contributed by atoms with Crippen molar-refractivity contribution in [3.63, 3.8) is 0 Å². The number of carbonyl (C=O) groups excluding carboxylic acids is 2. The maximum absolute atomic E-state index is 12.4. The summed E-state index contributed by atoms with van der Waals surface area (Å²) in [6.45, 7) is 3.61. The van der Waals surface area contributed by atoms with Gasteiger partial charge in [-0.2, -0.15) is 0 Å². The lowest BCUT2D eigenvalue weighted by atomic mass is 10.1. The van der Waals surface area contributed by atoms with Gasteiger partial charge in [0.2, 0.25) is 0 Å². The molecule has 0 unspecified atom stereocenters. The third-order valence-corrected chi connectivity index (χ3v) is 8.81. The normalized spacial score (nSPS) is 13.0. The maximum atomic E-state index is 12.4. The van der Waals surface area contributed by atoms with Gasteiger partial charge in [-0.3, -0.25) is 14.1 Å². The monoisotopic (exact) mass is 725 g/mol. The second-order valence-corrected chi connectivity index (χ2v) is 14.5. The fourth-order valence-corrected chi connectivity index (χ4v) is 5.67. The van der Waals surface area contributed by atoms with Crippen molar-refractivity contribution in [3.05, 3.63) is 48.6 Å². The molecule has 50 heavy (non-hydrogen) atoms. The summed E-state index contributed by atoms with van der Waals surface area (Å²) in [4.78, 5) is 42.8. The van der Waals surface area contributed by atoms with Gasteiger partial charge in [-0.05, 0) is 77.0 Å². The van der Waals surface area contributed by atoms with E-state index in [1.807, 2.05) is 0 Å². The first kappa shape index (κ1) is 48.0. The third kappa shape index (κ3) is 38.8. The number of phosphoric acid groups is 1. The molecule has 290 valence electrons. The Hall–Kier alpha value is -1.99. The van der Waals surface area contributed by atoms with Crippen molar-refractivity contribution in [2.45, 2.75) is 187 Å². The molecule has 0 aliphatic rings. The van der Waals surface area contributed by atoms with Crippen LogP contribution in [0.5, 0.6) is 0 Å². The number of phosphoric ester groups is 1. The van der Waals surface area contributed by atoms with Crippen LogP contribution in [0.1, 0.15) is 181 Å². The van der Waals surface area contributed by atoms with Gasteiger partial charge in [-0.1, -0.05) is 140 Å². The Morgan fingerprint density at radius 1 is 0.520 bits per heavy atom. The minimum absolute atomic E-state index is 0.199. The summed E-state index contributed by atoms with van der Waals surface area (Å²) in [5, 5.41) is 0. The van der Waals surface area contributed by atoms with Crippen LogP contribution >= 0.6 is 7.82 Å². The largest absolute Gasteiger partial charge is 0.469 e.